The second-order valence-electron chi connectivity index (χ2n) is 4.07. The first-order chi connectivity index (χ1) is 7.72. The molecule has 1 amide bonds. The van der Waals surface area contributed by atoms with Gasteiger partial charge in [-0.25, -0.2) is 0 Å². The van der Waals surface area contributed by atoms with Crippen LogP contribution in [0.5, 0.6) is 0 Å². The van der Waals surface area contributed by atoms with E-state index in [1.165, 1.54) is 11.5 Å². The highest BCUT2D eigenvalue weighted by molar-refractivity contribution is 7.07. The minimum atomic E-state index is 0.0737. The lowest BCUT2D eigenvalue weighted by Gasteiger charge is -2.15. The van der Waals surface area contributed by atoms with Crippen molar-refractivity contribution in [2.75, 3.05) is 19.0 Å². The number of hydrogen-bond donors (Lipinski definition) is 0. The highest BCUT2D eigenvalue weighted by Gasteiger charge is 2.28. The molecule has 4 nitrogen and oxygen atoms in total. The molecule has 16 heavy (non-hydrogen) atoms. The summed E-state index contributed by atoms with van der Waals surface area (Å²) in [5, 5.41) is 3.86. The molecule has 1 atom stereocenters. The van der Waals surface area contributed by atoms with E-state index < -0.39 is 0 Å². The van der Waals surface area contributed by atoms with Crippen molar-refractivity contribution in [2.24, 2.45) is 5.92 Å². The fourth-order valence-electron chi connectivity index (χ4n) is 1.98. The second kappa shape index (κ2) is 5.10. The van der Waals surface area contributed by atoms with Crippen molar-refractivity contribution < 1.29 is 4.79 Å². The summed E-state index contributed by atoms with van der Waals surface area (Å²) in [6.07, 6.45) is 2.05. The molecule has 6 heteroatoms. The molecular weight excluding hydrogens is 246 g/mol. The Kier molecular flexibility index (Phi) is 3.76. The van der Waals surface area contributed by atoms with Crippen LogP contribution in [0.4, 0.5) is 0 Å². The minimum absolute atomic E-state index is 0.0737. The molecule has 2 heterocycles. The zero-order valence-electron chi connectivity index (χ0n) is 9.15. The Morgan fingerprint density at radius 3 is 3.12 bits per heavy atom. The third-order valence-corrected chi connectivity index (χ3v) is 3.97. The average molecular weight is 260 g/mol. The monoisotopic (exact) mass is 259 g/mol. The Morgan fingerprint density at radius 1 is 1.69 bits per heavy atom. The molecule has 2 rings (SSSR count). The van der Waals surface area contributed by atoms with Gasteiger partial charge in [0.2, 0.25) is 0 Å². The Labute approximate surface area is 104 Å². The van der Waals surface area contributed by atoms with E-state index in [0.717, 1.165) is 31.6 Å². The summed E-state index contributed by atoms with van der Waals surface area (Å²) < 4.78 is 3.79. The minimum Gasteiger partial charge on any atom is -0.338 e. The van der Waals surface area contributed by atoms with Gasteiger partial charge in [-0.1, -0.05) is 4.49 Å². The van der Waals surface area contributed by atoms with Gasteiger partial charge in [0.05, 0.1) is 5.69 Å². The lowest BCUT2D eigenvalue weighted by Crippen LogP contribution is -2.28. The molecule has 0 aromatic carbocycles. The molecule has 0 aliphatic carbocycles. The first-order valence-electron chi connectivity index (χ1n) is 5.36. The molecule has 0 saturated carbocycles. The van der Waals surface area contributed by atoms with E-state index in [2.05, 4.69) is 9.59 Å². The van der Waals surface area contributed by atoms with Gasteiger partial charge in [-0.2, -0.15) is 0 Å². The van der Waals surface area contributed by atoms with E-state index in [1.54, 1.807) is 0 Å². The maximum absolute atomic E-state index is 12.1. The number of aryl methyl sites for hydroxylation is 1. The van der Waals surface area contributed by atoms with Crippen LogP contribution in [-0.2, 0) is 0 Å². The number of nitrogens with zero attached hydrogens (tertiary/aromatic N) is 3. The molecule has 1 aromatic rings. The van der Waals surface area contributed by atoms with Crippen molar-refractivity contribution >= 4 is 29.0 Å². The molecule has 88 valence electrons. The molecule has 1 aliphatic heterocycles. The molecular formula is C10H14ClN3OS. The molecule has 1 aliphatic rings. The highest BCUT2D eigenvalue weighted by atomic mass is 35.5. The van der Waals surface area contributed by atoms with Crippen molar-refractivity contribution in [1.82, 2.24) is 14.5 Å². The zero-order valence-corrected chi connectivity index (χ0v) is 10.7. The quantitative estimate of drug-likeness (QED) is 0.780. The van der Waals surface area contributed by atoms with E-state index in [1.807, 2.05) is 11.8 Å². The topological polar surface area (TPSA) is 46.1 Å². The summed E-state index contributed by atoms with van der Waals surface area (Å²) in [6.45, 7) is 3.48. The average Bonchev–Trinajstić information content (AvgIpc) is 2.87. The van der Waals surface area contributed by atoms with Gasteiger partial charge in [0.25, 0.3) is 5.91 Å². The molecule has 1 saturated heterocycles. The summed E-state index contributed by atoms with van der Waals surface area (Å²) in [4.78, 5) is 14.7. The number of aromatic nitrogens is 2. The fourth-order valence-corrected chi connectivity index (χ4v) is 2.91. The number of alkyl halides is 1. The molecule has 0 bridgehead atoms. The number of carbonyl (C=O) groups excluding carboxylic acids is 1. The van der Waals surface area contributed by atoms with Gasteiger partial charge in [0.1, 0.15) is 4.88 Å². The predicted molar refractivity (Wildman–Crippen MR) is 64.0 cm³/mol. The van der Waals surface area contributed by atoms with Gasteiger partial charge in [0, 0.05) is 19.0 Å². The van der Waals surface area contributed by atoms with Crippen LogP contribution in [0.2, 0.25) is 0 Å². The number of rotatable bonds is 3. The van der Waals surface area contributed by atoms with Gasteiger partial charge in [-0.15, -0.1) is 16.7 Å². The predicted octanol–water partition coefficient (Wildman–Crippen LogP) is 1.94. The van der Waals surface area contributed by atoms with Gasteiger partial charge in [-0.3, -0.25) is 4.79 Å². The van der Waals surface area contributed by atoms with E-state index in [-0.39, 0.29) is 5.91 Å². The largest absolute Gasteiger partial charge is 0.338 e. The molecule has 1 aromatic heterocycles. The van der Waals surface area contributed by atoms with Crippen molar-refractivity contribution in [2.45, 2.75) is 19.8 Å². The second-order valence-corrected chi connectivity index (χ2v) is 5.20. The summed E-state index contributed by atoms with van der Waals surface area (Å²) in [6, 6.07) is 0. The molecule has 1 unspecified atom stereocenters. The maximum atomic E-state index is 12.1. The zero-order chi connectivity index (χ0) is 11.5. The smallest absolute Gasteiger partial charge is 0.267 e. The standard InChI is InChI=1S/C10H14ClN3OS/c1-7-9(16-13-12-7)10(15)14-5-3-8(6-14)2-4-11/h8H,2-6H2,1H3. The lowest BCUT2D eigenvalue weighted by molar-refractivity contribution is 0.0791. The van der Waals surface area contributed by atoms with Crippen LogP contribution in [0, 0.1) is 12.8 Å². The number of likely N-dealkylation sites (tertiary alicyclic amines) is 1. The van der Waals surface area contributed by atoms with Gasteiger partial charge >= 0.3 is 0 Å². The summed E-state index contributed by atoms with van der Waals surface area (Å²) in [5.74, 6) is 1.31. The highest BCUT2D eigenvalue weighted by Crippen LogP contribution is 2.23. The van der Waals surface area contributed by atoms with Crippen LogP contribution in [0.15, 0.2) is 0 Å². The van der Waals surface area contributed by atoms with Crippen molar-refractivity contribution in [1.29, 1.82) is 0 Å². The first-order valence-corrected chi connectivity index (χ1v) is 6.67. The van der Waals surface area contributed by atoms with Gasteiger partial charge in [-0.05, 0) is 37.2 Å². The van der Waals surface area contributed by atoms with Crippen LogP contribution < -0.4 is 0 Å². The normalized spacial score (nSPS) is 20.4. The van der Waals surface area contributed by atoms with E-state index in [9.17, 15) is 4.79 Å². The van der Waals surface area contributed by atoms with Crippen LogP contribution in [0.25, 0.3) is 0 Å². The summed E-state index contributed by atoms with van der Waals surface area (Å²) in [5.41, 5.74) is 0.732. The molecule has 0 N–H and O–H groups in total. The van der Waals surface area contributed by atoms with Crippen LogP contribution in [-0.4, -0.2) is 39.4 Å². The molecule has 0 spiro atoms. The van der Waals surface area contributed by atoms with Gasteiger partial charge < -0.3 is 4.90 Å². The lowest BCUT2D eigenvalue weighted by atomic mass is 10.1. The number of halogens is 1. The SMILES string of the molecule is Cc1nnsc1C(=O)N1CCC(CCCl)C1. The fraction of sp³-hybridized carbons (Fsp3) is 0.700. The first kappa shape index (κ1) is 11.8. The Bertz CT molecular complexity index is 382. The Hall–Kier alpha value is -0.680. The summed E-state index contributed by atoms with van der Waals surface area (Å²) in [7, 11) is 0. The van der Waals surface area contributed by atoms with Crippen molar-refractivity contribution in [3.05, 3.63) is 10.6 Å². The Balaban J connectivity index is 2.00. The van der Waals surface area contributed by atoms with E-state index in [4.69, 9.17) is 11.6 Å². The number of amides is 1. The van der Waals surface area contributed by atoms with Gasteiger partial charge in [0.15, 0.2) is 0 Å². The van der Waals surface area contributed by atoms with E-state index >= 15 is 0 Å². The Morgan fingerprint density at radius 2 is 2.50 bits per heavy atom. The molecule has 0 radical (unpaired) electrons. The molecule has 1 fully saturated rings. The third-order valence-electron chi connectivity index (χ3n) is 2.94. The van der Waals surface area contributed by atoms with E-state index in [0.29, 0.717) is 16.7 Å². The summed E-state index contributed by atoms with van der Waals surface area (Å²) >= 11 is 6.89. The van der Waals surface area contributed by atoms with Crippen LogP contribution in [0.3, 0.4) is 0 Å². The third kappa shape index (κ3) is 2.35. The van der Waals surface area contributed by atoms with Crippen LogP contribution in [0.1, 0.15) is 28.2 Å². The maximum Gasteiger partial charge on any atom is 0.267 e. The van der Waals surface area contributed by atoms with Crippen molar-refractivity contribution in [3.8, 4) is 0 Å². The number of carbonyl (C=O) groups is 1. The number of hydrogen-bond acceptors (Lipinski definition) is 4. The van der Waals surface area contributed by atoms with Crippen LogP contribution >= 0.6 is 23.1 Å². The van der Waals surface area contributed by atoms with Crippen molar-refractivity contribution in [3.63, 3.8) is 0 Å².